The number of hydrogen-bond donors (Lipinski definition) is 4. The molecule has 3 aliphatic heterocycles. The molecule has 13 nitrogen and oxygen atoms in total. The number of benzene rings is 2. The number of aliphatic hydroxyl groups is 1. The molecule has 2 aliphatic carbocycles. The number of imide groups is 2. The normalized spacial score (nSPS) is 23.4. The van der Waals surface area contributed by atoms with Crippen LogP contribution in [0.15, 0.2) is 48.5 Å². The highest BCUT2D eigenvalue weighted by atomic mass is 32.1. The Hall–Kier alpha value is -5.05. The zero-order valence-corrected chi connectivity index (χ0v) is 33.9. The van der Waals surface area contributed by atoms with Gasteiger partial charge >= 0.3 is 0 Å². The molecule has 302 valence electrons. The van der Waals surface area contributed by atoms with Gasteiger partial charge in [-0.1, -0.05) is 12.1 Å². The second-order valence-electron chi connectivity index (χ2n) is 17.7. The molecule has 1 spiro atoms. The van der Waals surface area contributed by atoms with E-state index in [1.54, 1.807) is 43.4 Å². The molecule has 1 atom stereocenters. The first-order valence-electron chi connectivity index (χ1n) is 20.5. The third-order valence-electron chi connectivity index (χ3n) is 13.0. The highest BCUT2D eigenvalue weighted by Gasteiger charge is 2.53. The number of aryl methyl sites for hydroxylation is 1. The largest absolute Gasteiger partial charge is 0.386 e. The number of carbonyl (C=O) groups excluding carboxylic acids is 5. The summed E-state index contributed by atoms with van der Waals surface area (Å²) in [4.78, 5) is 77.0. The summed E-state index contributed by atoms with van der Waals surface area (Å²) in [7, 11) is 0. The van der Waals surface area contributed by atoms with E-state index in [-0.39, 0.29) is 18.7 Å². The van der Waals surface area contributed by atoms with Crippen molar-refractivity contribution in [2.75, 3.05) is 30.3 Å². The number of nitrogens with one attached hydrogen (secondary N) is 3. The van der Waals surface area contributed by atoms with E-state index in [0.29, 0.717) is 63.6 Å². The molecule has 5 heterocycles. The molecule has 2 aromatic carbocycles. The van der Waals surface area contributed by atoms with Crippen molar-refractivity contribution >= 4 is 62.5 Å². The zero-order valence-electron chi connectivity index (χ0n) is 33.1. The van der Waals surface area contributed by atoms with E-state index >= 15 is 0 Å². The smallest absolute Gasteiger partial charge is 0.274 e. The number of pyridine rings is 1. The highest BCUT2D eigenvalue weighted by molar-refractivity contribution is 7.18. The molecule has 14 heteroatoms. The standard InChI is InChI=1S/C44H49N7O6S/c1-24-6-4-9-31(46-24)38(53)47-32-19-35-33(18-29(32)43(2,3)57)48-40(58-35)26-10-12-27(13-11-26)50-22-44(23-50)20-25(21-44)16-17-45-30-8-5-7-28-37(30)42(56)51(41(28)55)34-14-15-36(52)49-39(34)54/h4-9,18-19,25-27,34,45,57H,10-17,20-23H2,1-3H3,(H,47,53)(H,49,52,54). The maximum absolute atomic E-state index is 13.4. The predicted octanol–water partition coefficient (Wildman–Crippen LogP) is 6.12. The Morgan fingerprint density at radius 2 is 1.72 bits per heavy atom. The molecule has 4 N–H and O–H groups in total. The maximum atomic E-state index is 13.4. The fraction of sp³-hybridized carbons (Fsp3) is 0.477. The van der Waals surface area contributed by atoms with Crippen LogP contribution in [0.1, 0.15) is 125 Å². The van der Waals surface area contributed by atoms with Crippen molar-refractivity contribution in [3.63, 3.8) is 0 Å². The summed E-state index contributed by atoms with van der Waals surface area (Å²) in [5.41, 5.74) is 3.57. The molecule has 4 fully saturated rings. The van der Waals surface area contributed by atoms with Crippen molar-refractivity contribution in [3.05, 3.63) is 81.6 Å². The van der Waals surface area contributed by atoms with E-state index in [1.807, 2.05) is 37.3 Å². The number of likely N-dealkylation sites (tertiary alicyclic amines) is 1. The first-order valence-corrected chi connectivity index (χ1v) is 21.3. The van der Waals surface area contributed by atoms with E-state index in [2.05, 4.69) is 25.8 Å². The Labute approximate surface area is 341 Å². The zero-order chi connectivity index (χ0) is 40.5. The Morgan fingerprint density at radius 3 is 2.45 bits per heavy atom. The minimum Gasteiger partial charge on any atom is -0.386 e. The third kappa shape index (κ3) is 7.08. The number of piperidine rings is 1. The van der Waals surface area contributed by atoms with Gasteiger partial charge in [0.05, 0.1) is 32.0 Å². The summed E-state index contributed by atoms with van der Waals surface area (Å²) in [5, 5.41) is 20.8. The highest BCUT2D eigenvalue weighted by Crippen LogP contribution is 2.55. The molecular formula is C44H49N7O6S. The van der Waals surface area contributed by atoms with Crippen molar-refractivity contribution in [3.8, 4) is 0 Å². The first-order chi connectivity index (χ1) is 27.7. The van der Waals surface area contributed by atoms with Crippen LogP contribution < -0.4 is 16.0 Å². The second kappa shape index (κ2) is 14.6. The monoisotopic (exact) mass is 803 g/mol. The lowest BCUT2D eigenvalue weighted by atomic mass is 9.56. The second-order valence-corrected chi connectivity index (χ2v) is 18.7. The summed E-state index contributed by atoms with van der Waals surface area (Å²) in [6.07, 6.45) is 8.09. The number of aromatic nitrogens is 2. The van der Waals surface area contributed by atoms with Crippen LogP contribution in [0.2, 0.25) is 0 Å². The van der Waals surface area contributed by atoms with Gasteiger partial charge in [0, 0.05) is 60.6 Å². The van der Waals surface area contributed by atoms with E-state index in [0.717, 1.165) is 71.0 Å². The summed E-state index contributed by atoms with van der Waals surface area (Å²) < 4.78 is 0.990. The summed E-state index contributed by atoms with van der Waals surface area (Å²) in [5.74, 6) is -1.28. The molecule has 0 bridgehead atoms. The number of rotatable bonds is 10. The molecule has 1 unspecified atom stereocenters. The van der Waals surface area contributed by atoms with Crippen LogP contribution in [0.5, 0.6) is 0 Å². The van der Waals surface area contributed by atoms with Gasteiger partial charge in [-0.3, -0.25) is 39.1 Å². The first kappa shape index (κ1) is 38.5. The van der Waals surface area contributed by atoms with Crippen LogP contribution in [0.4, 0.5) is 11.4 Å². The lowest BCUT2D eigenvalue weighted by Crippen LogP contribution is -2.65. The molecule has 2 aromatic heterocycles. The van der Waals surface area contributed by atoms with Crippen LogP contribution in [0.3, 0.4) is 0 Å². The van der Waals surface area contributed by atoms with Gasteiger partial charge in [-0.2, -0.15) is 0 Å². The molecular weight excluding hydrogens is 755 g/mol. The van der Waals surface area contributed by atoms with Gasteiger partial charge in [-0.05, 0) is 120 Å². The number of fused-ring (bicyclic) bond motifs is 2. The number of amides is 5. The maximum Gasteiger partial charge on any atom is 0.274 e. The predicted molar refractivity (Wildman–Crippen MR) is 220 cm³/mol. The molecule has 2 saturated heterocycles. The number of carbonyl (C=O) groups is 5. The van der Waals surface area contributed by atoms with Crippen molar-refractivity contribution in [2.45, 2.75) is 102 Å². The Kier molecular flexibility index (Phi) is 9.72. The number of anilines is 2. The van der Waals surface area contributed by atoms with Crippen LogP contribution in [-0.4, -0.2) is 86.1 Å². The Morgan fingerprint density at radius 1 is 0.966 bits per heavy atom. The molecule has 0 radical (unpaired) electrons. The van der Waals surface area contributed by atoms with Gasteiger partial charge in [-0.15, -0.1) is 11.3 Å². The van der Waals surface area contributed by atoms with Crippen molar-refractivity contribution in [1.29, 1.82) is 0 Å². The Bertz CT molecular complexity index is 2350. The van der Waals surface area contributed by atoms with E-state index in [9.17, 15) is 29.1 Å². The van der Waals surface area contributed by atoms with E-state index in [1.165, 1.54) is 12.8 Å². The van der Waals surface area contributed by atoms with Crippen LogP contribution in [-0.2, 0) is 15.2 Å². The lowest BCUT2D eigenvalue weighted by molar-refractivity contribution is -0.136. The lowest BCUT2D eigenvalue weighted by Gasteiger charge is -2.62. The number of thiazole rings is 1. The molecule has 4 aromatic rings. The molecule has 2 saturated carbocycles. The van der Waals surface area contributed by atoms with Gasteiger partial charge < -0.3 is 15.7 Å². The van der Waals surface area contributed by atoms with Crippen LogP contribution in [0, 0.1) is 18.3 Å². The SMILES string of the molecule is Cc1cccc(C(=O)Nc2cc3sc(C4CCC(N5CC6(CC(CCNc7cccc8c7C(=O)N(C7CCC(=O)NC7=O)C8=O)C6)C5)CC4)nc3cc2C(C)(C)O)n1. The topological polar surface area (TPSA) is 174 Å². The summed E-state index contributed by atoms with van der Waals surface area (Å²) in [6.45, 7) is 8.28. The van der Waals surface area contributed by atoms with Gasteiger partial charge in [0.25, 0.3) is 17.7 Å². The van der Waals surface area contributed by atoms with Crippen LogP contribution in [0.25, 0.3) is 10.2 Å². The average Bonchev–Trinajstić information content (AvgIpc) is 3.69. The molecule has 5 amide bonds. The summed E-state index contributed by atoms with van der Waals surface area (Å²) in [6, 6.07) is 14.0. The third-order valence-corrected chi connectivity index (χ3v) is 14.2. The van der Waals surface area contributed by atoms with Crippen LogP contribution >= 0.6 is 11.3 Å². The fourth-order valence-corrected chi connectivity index (χ4v) is 11.3. The van der Waals surface area contributed by atoms with Gasteiger partial charge in [0.15, 0.2) is 0 Å². The minimum atomic E-state index is -1.18. The van der Waals surface area contributed by atoms with E-state index < -0.39 is 35.3 Å². The minimum absolute atomic E-state index is 0.0922. The molecule has 5 aliphatic rings. The van der Waals surface area contributed by atoms with Gasteiger partial charge in [0.2, 0.25) is 11.8 Å². The van der Waals surface area contributed by atoms with E-state index in [4.69, 9.17) is 4.98 Å². The van der Waals surface area contributed by atoms with Gasteiger partial charge in [0.1, 0.15) is 11.7 Å². The number of hydrogen-bond acceptors (Lipinski definition) is 11. The van der Waals surface area contributed by atoms with Crippen molar-refractivity contribution in [2.24, 2.45) is 11.3 Å². The molecule has 58 heavy (non-hydrogen) atoms. The fourth-order valence-electron chi connectivity index (χ4n) is 10.1. The Balaban J connectivity index is 0.750. The number of nitrogens with zero attached hydrogens (tertiary/aromatic N) is 4. The van der Waals surface area contributed by atoms with Gasteiger partial charge in [-0.25, -0.2) is 9.97 Å². The molecule has 9 rings (SSSR count). The van der Waals surface area contributed by atoms with Crippen molar-refractivity contribution < 1.29 is 29.1 Å². The summed E-state index contributed by atoms with van der Waals surface area (Å²) >= 11 is 1.68. The quantitative estimate of drug-likeness (QED) is 0.137. The average molecular weight is 804 g/mol. The van der Waals surface area contributed by atoms with Crippen molar-refractivity contribution in [1.82, 2.24) is 25.1 Å².